The van der Waals surface area contributed by atoms with Crippen LogP contribution in [0.1, 0.15) is 37.3 Å². The number of nitrogens with two attached hydrogens (primary N) is 1. The minimum absolute atomic E-state index is 0.117. The van der Waals surface area contributed by atoms with Crippen molar-refractivity contribution in [3.8, 4) is 0 Å². The first-order valence-electron chi connectivity index (χ1n) is 5.68. The largest absolute Gasteiger partial charge is 0.396 e. The molecule has 5 heteroatoms. The number of carbonyl (C=O) groups excluding carboxylic acids is 1. The summed E-state index contributed by atoms with van der Waals surface area (Å²) in [6.45, 7) is 0.729. The Labute approximate surface area is 93.7 Å². The molecule has 0 bridgehead atoms. The molecule has 3 rings (SSSR count). The summed E-state index contributed by atoms with van der Waals surface area (Å²) in [7, 11) is 0. The van der Waals surface area contributed by atoms with Gasteiger partial charge in [0.1, 0.15) is 0 Å². The van der Waals surface area contributed by atoms with Gasteiger partial charge in [-0.3, -0.25) is 9.69 Å². The van der Waals surface area contributed by atoms with E-state index in [1.54, 1.807) is 11.1 Å². The number of carbonyl (C=O) groups is 1. The molecule has 1 aliphatic carbocycles. The van der Waals surface area contributed by atoms with E-state index in [2.05, 4.69) is 9.97 Å². The van der Waals surface area contributed by atoms with Crippen molar-refractivity contribution >= 4 is 17.5 Å². The molecular weight excluding hydrogens is 204 g/mol. The average Bonchev–Trinajstić information content (AvgIpc) is 3.03. The van der Waals surface area contributed by atoms with Crippen molar-refractivity contribution in [2.24, 2.45) is 0 Å². The second-order valence-electron chi connectivity index (χ2n) is 4.43. The van der Waals surface area contributed by atoms with Crippen LogP contribution in [-0.2, 0) is 4.79 Å². The highest BCUT2D eigenvalue weighted by Crippen LogP contribution is 2.41. The molecule has 1 aliphatic heterocycles. The summed E-state index contributed by atoms with van der Waals surface area (Å²) >= 11 is 0. The van der Waals surface area contributed by atoms with Gasteiger partial charge in [-0.15, -0.1) is 0 Å². The van der Waals surface area contributed by atoms with E-state index in [0.29, 0.717) is 24.0 Å². The Morgan fingerprint density at radius 2 is 2.25 bits per heavy atom. The van der Waals surface area contributed by atoms with Gasteiger partial charge in [0.25, 0.3) is 0 Å². The van der Waals surface area contributed by atoms with Gasteiger partial charge in [-0.25, -0.2) is 9.97 Å². The Kier molecular flexibility index (Phi) is 2.05. The summed E-state index contributed by atoms with van der Waals surface area (Å²) in [4.78, 5) is 21.8. The molecule has 1 amide bonds. The maximum absolute atomic E-state index is 11.6. The fraction of sp³-hybridized carbons (Fsp3) is 0.545. The highest BCUT2D eigenvalue weighted by Gasteiger charge is 2.30. The normalized spacial score (nSPS) is 20.5. The van der Waals surface area contributed by atoms with Gasteiger partial charge >= 0.3 is 0 Å². The summed E-state index contributed by atoms with van der Waals surface area (Å²) in [6.07, 6.45) is 5.42. The van der Waals surface area contributed by atoms with Gasteiger partial charge in [0.15, 0.2) is 0 Å². The number of hydrogen-bond donors (Lipinski definition) is 1. The van der Waals surface area contributed by atoms with Crippen molar-refractivity contribution in [3.05, 3.63) is 11.9 Å². The summed E-state index contributed by atoms with van der Waals surface area (Å²) in [5.41, 5.74) is 7.41. The monoisotopic (exact) mass is 218 g/mol. The first-order valence-corrected chi connectivity index (χ1v) is 5.68. The summed E-state index contributed by atoms with van der Waals surface area (Å²) in [5.74, 6) is 1.13. The molecule has 84 valence electrons. The van der Waals surface area contributed by atoms with Crippen molar-refractivity contribution < 1.29 is 4.79 Å². The van der Waals surface area contributed by atoms with E-state index < -0.39 is 0 Å². The molecule has 2 N–H and O–H groups in total. The van der Waals surface area contributed by atoms with Gasteiger partial charge < -0.3 is 5.73 Å². The van der Waals surface area contributed by atoms with Crippen LogP contribution < -0.4 is 10.6 Å². The van der Waals surface area contributed by atoms with Crippen molar-refractivity contribution in [1.29, 1.82) is 0 Å². The molecule has 16 heavy (non-hydrogen) atoms. The molecule has 0 spiro atoms. The van der Waals surface area contributed by atoms with Crippen molar-refractivity contribution in [3.63, 3.8) is 0 Å². The van der Waals surface area contributed by atoms with Crippen molar-refractivity contribution in [1.82, 2.24) is 9.97 Å². The Morgan fingerprint density at radius 1 is 1.44 bits per heavy atom. The van der Waals surface area contributed by atoms with Crippen LogP contribution in [-0.4, -0.2) is 22.4 Å². The second kappa shape index (κ2) is 3.43. The van der Waals surface area contributed by atoms with Gasteiger partial charge in [0.2, 0.25) is 11.9 Å². The second-order valence-corrected chi connectivity index (χ2v) is 4.43. The third kappa shape index (κ3) is 1.52. The lowest BCUT2D eigenvalue weighted by molar-refractivity contribution is -0.117. The summed E-state index contributed by atoms with van der Waals surface area (Å²) in [5, 5.41) is 0. The van der Waals surface area contributed by atoms with Crippen LogP contribution in [0.25, 0.3) is 0 Å². The average molecular weight is 218 g/mol. The van der Waals surface area contributed by atoms with E-state index in [1.165, 1.54) is 0 Å². The molecule has 1 aromatic rings. The molecule has 0 radical (unpaired) electrons. The molecule has 0 atom stereocenters. The molecule has 1 aromatic heterocycles. The van der Waals surface area contributed by atoms with E-state index >= 15 is 0 Å². The molecule has 1 saturated heterocycles. The third-order valence-electron chi connectivity index (χ3n) is 3.11. The minimum atomic E-state index is 0.117. The first-order chi connectivity index (χ1) is 7.75. The predicted molar refractivity (Wildman–Crippen MR) is 60.0 cm³/mol. The summed E-state index contributed by atoms with van der Waals surface area (Å²) < 4.78 is 0. The zero-order chi connectivity index (χ0) is 11.1. The van der Waals surface area contributed by atoms with E-state index in [1.807, 2.05) is 0 Å². The Hall–Kier alpha value is -1.65. The number of nitrogens with zero attached hydrogens (tertiary/aromatic N) is 3. The quantitative estimate of drug-likeness (QED) is 0.805. The zero-order valence-corrected chi connectivity index (χ0v) is 9.02. The van der Waals surface area contributed by atoms with E-state index in [9.17, 15) is 4.79 Å². The minimum Gasteiger partial charge on any atom is -0.396 e. The van der Waals surface area contributed by atoms with Crippen LogP contribution in [0.2, 0.25) is 0 Å². The van der Waals surface area contributed by atoms with Crippen molar-refractivity contribution in [2.45, 2.75) is 31.6 Å². The smallest absolute Gasteiger partial charge is 0.232 e. The molecule has 5 nitrogen and oxygen atoms in total. The van der Waals surface area contributed by atoms with Crippen LogP contribution in [0.15, 0.2) is 6.20 Å². The Balaban J connectivity index is 1.95. The predicted octanol–water partition coefficient (Wildman–Crippen LogP) is 1.06. The third-order valence-corrected chi connectivity index (χ3v) is 3.11. The standard InChI is InChI=1S/C11H14N4O/c12-8-6-13-11(14-10(8)7-3-4-7)15-5-1-2-9(15)16/h6-7H,1-5,12H2. The first kappa shape index (κ1) is 9.57. The maximum Gasteiger partial charge on any atom is 0.232 e. The van der Waals surface area contributed by atoms with Gasteiger partial charge in [0.05, 0.1) is 17.6 Å². The molecule has 2 fully saturated rings. The fourth-order valence-electron chi connectivity index (χ4n) is 2.07. The van der Waals surface area contributed by atoms with Crippen molar-refractivity contribution in [2.75, 3.05) is 17.2 Å². The van der Waals surface area contributed by atoms with Crippen LogP contribution in [0, 0.1) is 0 Å². The van der Waals surface area contributed by atoms with Crippen LogP contribution in [0.3, 0.4) is 0 Å². The van der Waals surface area contributed by atoms with Gasteiger partial charge in [-0.2, -0.15) is 0 Å². The number of aromatic nitrogens is 2. The topological polar surface area (TPSA) is 72.1 Å². The van der Waals surface area contributed by atoms with Crippen LogP contribution in [0.5, 0.6) is 0 Å². The molecule has 0 aromatic carbocycles. The molecule has 2 aliphatic rings. The highest BCUT2D eigenvalue weighted by atomic mass is 16.2. The van der Waals surface area contributed by atoms with Gasteiger partial charge in [0, 0.05) is 18.9 Å². The Morgan fingerprint density at radius 3 is 2.88 bits per heavy atom. The summed E-state index contributed by atoms with van der Waals surface area (Å²) in [6, 6.07) is 0. The molecule has 0 unspecified atom stereocenters. The Bertz CT molecular complexity index is 442. The number of nitrogen functional groups attached to an aromatic ring is 1. The lowest BCUT2D eigenvalue weighted by Crippen LogP contribution is -2.26. The van der Waals surface area contributed by atoms with Gasteiger partial charge in [-0.05, 0) is 19.3 Å². The van der Waals surface area contributed by atoms with E-state index in [4.69, 9.17) is 5.73 Å². The fourth-order valence-corrected chi connectivity index (χ4v) is 2.07. The van der Waals surface area contributed by atoms with E-state index in [-0.39, 0.29) is 5.91 Å². The van der Waals surface area contributed by atoms with Gasteiger partial charge in [-0.1, -0.05) is 0 Å². The molecule has 2 heterocycles. The maximum atomic E-state index is 11.6. The van der Waals surface area contributed by atoms with Crippen LogP contribution in [0.4, 0.5) is 11.6 Å². The van der Waals surface area contributed by atoms with E-state index in [0.717, 1.165) is 31.5 Å². The zero-order valence-electron chi connectivity index (χ0n) is 9.02. The number of rotatable bonds is 2. The number of hydrogen-bond acceptors (Lipinski definition) is 4. The lowest BCUT2D eigenvalue weighted by atomic mass is 10.2. The molecular formula is C11H14N4O. The number of amides is 1. The number of anilines is 2. The van der Waals surface area contributed by atoms with Crippen LogP contribution >= 0.6 is 0 Å². The lowest BCUT2D eigenvalue weighted by Gasteiger charge is -2.14. The SMILES string of the molecule is Nc1cnc(N2CCCC2=O)nc1C1CC1. The highest BCUT2D eigenvalue weighted by molar-refractivity contribution is 5.93. The molecule has 1 saturated carbocycles.